The topological polar surface area (TPSA) is 88.7 Å². The maximum absolute atomic E-state index is 5.42. The van der Waals surface area contributed by atoms with Gasteiger partial charge in [0.25, 0.3) is 0 Å². The molecule has 164 valence electrons. The summed E-state index contributed by atoms with van der Waals surface area (Å²) in [4.78, 5) is 0. The molecule has 0 heterocycles. The van der Waals surface area contributed by atoms with Crippen molar-refractivity contribution in [1.29, 1.82) is 0 Å². The zero-order valence-corrected chi connectivity index (χ0v) is 17.2. The van der Waals surface area contributed by atoms with Gasteiger partial charge in [-0.1, -0.05) is 0 Å². The Labute approximate surface area is 164 Å². The summed E-state index contributed by atoms with van der Waals surface area (Å²) in [6.07, 6.45) is 0. The second-order valence-electron chi connectivity index (χ2n) is 5.49. The van der Waals surface area contributed by atoms with Crippen molar-refractivity contribution in [3.05, 3.63) is 0 Å². The summed E-state index contributed by atoms with van der Waals surface area (Å²) in [5.74, 6) is 0. The SMILES string of the molecule is CNCCOCCOCCOCCOCCOCCOCCOCCNC. The van der Waals surface area contributed by atoms with E-state index in [1.165, 1.54) is 0 Å². The molecule has 0 aromatic carbocycles. The zero-order chi connectivity index (χ0) is 19.7. The Bertz CT molecular complexity index is 240. The number of nitrogens with one attached hydrogen (secondary N) is 2. The van der Waals surface area contributed by atoms with E-state index in [-0.39, 0.29) is 0 Å². The molecule has 0 aliphatic heterocycles. The maximum Gasteiger partial charge on any atom is 0.0701 e. The Balaban J connectivity index is 2.95. The highest BCUT2D eigenvalue weighted by atomic mass is 16.6. The molecule has 0 aliphatic carbocycles. The van der Waals surface area contributed by atoms with Crippen LogP contribution >= 0.6 is 0 Å². The van der Waals surface area contributed by atoms with Gasteiger partial charge < -0.3 is 43.8 Å². The lowest BCUT2D eigenvalue weighted by Gasteiger charge is -2.08. The number of likely N-dealkylation sites (N-methyl/N-ethyl adjacent to an activating group) is 2. The Morgan fingerprint density at radius 2 is 0.519 bits per heavy atom. The Kier molecular flexibility index (Phi) is 25.3. The molecule has 0 rings (SSSR count). The molecule has 0 aromatic rings. The molecule has 0 bridgehead atoms. The van der Waals surface area contributed by atoms with E-state index in [0.29, 0.717) is 92.5 Å². The summed E-state index contributed by atoms with van der Waals surface area (Å²) in [5.41, 5.74) is 0. The van der Waals surface area contributed by atoms with E-state index in [2.05, 4.69) is 10.6 Å². The van der Waals surface area contributed by atoms with E-state index >= 15 is 0 Å². The van der Waals surface area contributed by atoms with Crippen LogP contribution < -0.4 is 10.6 Å². The predicted molar refractivity (Wildman–Crippen MR) is 104 cm³/mol. The molecule has 0 unspecified atom stereocenters. The number of rotatable bonds is 24. The van der Waals surface area contributed by atoms with Crippen molar-refractivity contribution in [2.24, 2.45) is 0 Å². The van der Waals surface area contributed by atoms with Gasteiger partial charge in [0.1, 0.15) is 0 Å². The van der Waals surface area contributed by atoms with Crippen molar-refractivity contribution >= 4 is 0 Å². The molecule has 2 N–H and O–H groups in total. The fraction of sp³-hybridized carbons (Fsp3) is 1.00. The lowest BCUT2D eigenvalue weighted by Crippen LogP contribution is -2.17. The molecular formula is C18H40N2O7. The van der Waals surface area contributed by atoms with Crippen LogP contribution in [0.25, 0.3) is 0 Å². The molecule has 0 fully saturated rings. The second-order valence-corrected chi connectivity index (χ2v) is 5.49. The number of ether oxygens (including phenoxy) is 7. The zero-order valence-electron chi connectivity index (χ0n) is 17.2. The fourth-order valence-corrected chi connectivity index (χ4v) is 1.77. The Hall–Kier alpha value is -0.360. The maximum atomic E-state index is 5.42. The standard InChI is InChI=1S/C18H40N2O7/c1-19-3-5-21-7-9-23-11-13-25-15-17-27-18-16-26-14-12-24-10-8-22-6-4-20-2/h19-20H,3-18H2,1-2H3. The fourth-order valence-electron chi connectivity index (χ4n) is 1.77. The molecule has 0 radical (unpaired) electrons. The molecule has 27 heavy (non-hydrogen) atoms. The summed E-state index contributed by atoms with van der Waals surface area (Å²) in [6, 6.07) is 0. The molecule has 9 heteroatoms. The van der Waals surface area contributed by atoms with Crippen LogP contribution in [-0.2, 0) is 33.2 Å². The molecule has 0 aromatic heterocycles. The molecule has 0 amide bonds. The minimum Gasteiger partial charge on any atom is -0.378 e. The van der Waals surface area contributed by atoms with Crippen LogP contribution in [0.4, 0.5) is 0 Å². The van der Waals surface area contributed by atoms with Gasteiger partial charge in [0.2, 0.25) is 0 Å². The third kappa shape index (κ3) is 25.6. The van der Waals surface area contributed by atoms with Gasteiger partial charge in [-0.3, -0.25) is 0 Å². The lowest BCUT2D eigenvalue weighted by atomic mass is 10.6. The van der Waals surface area contributed by atoms with Crippen LogP contribution in [0.15, 0.2) is 0 Å². The molecule has 0 atom stereocenters. The smallest absolute Gasteiger partial charge is 0.0701 e. The second kappa shape index (κ2) is 25.6. The average molecular weight is 397 g/mol. The van der Waals surface area contributed by atoms with Crippen molar-refractivity contribution in [1.82, 2.24) is 10.6 Å². The van der Waals surface area contributed by atoms with Gasteiger partial charge in [-0.05, 0) is 14.1 Å². The third-order valence-electron chi connectivity index (χ3n) is 3.22. The van der Waals surface area contributed by atoms with E-state index in [1.807, 2.05) is 14.1 Å². The van der Waals surface area contributed by atoms with Crippen LogP contribution in [0.2, 0.25) is 0 Å². The summed E-state index contributed by atoms with van der Waals surface area (Å²) >= 11 is 0. The Morgan fingerprint density at radius 1 is 0.333 bits per heavy atom. The number of hydrogen-bond donors (Lipinski definition) is 2. The van der Waals surface area contributed by atoms with E-state index in [9.17, 15) is 0 Å². The largest absolute Gasteiger partial charge is 0.378 e. The first kappa shape index (κ1) is 26.6. The van der Waals surface area contributed by atoms with E-state index < -0.39 is 0 Å². The van der Waals surface area contributed by atoms with Gasteiger partial charge in [0.05, 0.1) is 92.5 Å². The van der Waals surface area contributed by atoms with Crippen LogP contribution in [-0.4, -0.2) is 120 Å². The number of hydrogen-bond acceptors (Lipinski definition) is 9. The third-order valence-corrected chi connectivity index (χ3v) is 3.22. The van der Waals surface area contributed by atoms with Gasteiger partial charge in [-0.25, -0.2) is 0 Å². The van der Waals surface area contributed by atoms with Gasteiger partial charge in [-0.2, -0.15) is 0 Å². The van der Waals surface area contributed by atoms with Gasteiger partial charge in [-0.15, -0.1) is 0 Å². The first-order valence-corrected chi connectivity index (χ1v) is 9.75. The highest BCUT2D eigenvalue weighted by molar-refractivity contribution is 4.39. The quantitative estimate of drug-likeness (QED) is 0.210. The van der Waals surface area contributed by atoms with Crippen LogP contribution in [0.3, 0.4) is 0 Å². The minimum absolute atomic E-state index is 0.553. The molecule has 9 nitrogen and oxygen atoms in total. The molecule has 0 aliphatic rings. The summed E-state index contributed by atoms with van der Waals surface area (Å²) in [5, 5.41) is 6.03. The highest BCUT2D eigenvalue weighted by Gasteiger charge is 1.94. The molecular weight excluding hydrogens is 356 g/mol. The molecule has 0 spiro atoms. The monoisotopic (exact) mass is 396 g/mol. The molecule has 0 saturated heterocycles. The predicted octanol–water partition coefficient (Wildman–Crippen LogP) is -0.459. The van der Waals surface area contributed by atoms with Crippen molar-refractivity contribution < 1.29 is 33.2 Å². The van der Waals surface area contributed by atoms with E-state index in [4.69, 9.17) is 33.2 Å². The Morgan fingerprint density at radius 3 is 0.704 bits per heavy atom. The first-order chi connectivity index (χ1) is 13.4. The van der Waals surface area contributed by atoms with Crippen molar-refractivity contribution in [3.8, 4) is 0 Å². The van der Waals surface area contributed by atoms with Crippen molar-refractivity contribution in [2.45, 2.75) is 0 Å². The van der Waals surface area contributed by atoms with E-state index in [0.717, 1.165) is 13.1 Å². The van der Waals surface area contributed by atoms with Crippen LogP contribution in [0, 0.1) is 0 Å². The van der Waals surface area contributed by atoms with Crippen molar-refractivity contribution in [3.63, 3.8) is 0 Å². The van der Waals surface area contributed by atoms with Gasteiger partial charge in [0, 0.05) is 13.1 Å². The minimum atomic E-state index is 0.553. The van der Waals surface area contributed by atoms with Crippen LogP contribution in [0.5, 0.6) is 0 Å². The van der Waals surface area contributed by atoms with Gasteiger partial charge >= 0.3 is 0 Å². The first-order valence-electron chi connectivity index (χ1n) is 9.75. The highest BCUT2D eigenvalue weighted by Crippen LogP contribution is 1.85. The lowest BCUT2D eigenvalue weighted by molar-refractivity contribution is -0.0202. The average Bonchev–Trinajstić information content (AvgIpc) is 2.68. The molecule has 0 saturated carbocycles. The summed E-state index contributed by atoms with van der Waals surface area (Å²) in [7, 11) is 3.80. The van der Waals surface area contributed by atoms with E-state index in [1.54, 1.807) is 0 Å². The van der Waals surface area contributed by atoms with Gasteiger partial charge in [0.15, 0.2) is 0 Å². The summed E-state index contributed by atoms with van der Waals surface area (Å²) < 4.78 is 37.7. The van der Waals surface area contributed by atoms with Crippen molar-refractivity contribution in [2.75, 3.05) is 120 Å². The van der Waals surface area contributed by atoms with Crippen LogP contribution in [0.1, 0.15) is 0 Å². The normalized spacial score (nSPS) is 11.3. The summed E-state index contributed by atoms with van der Waals surface area (Å²) in [6.45, 7) is 10.0.